The van der Waals surface area contributed by atoms with Crippen molar-refractivity contribution in [3.63, 3.8) is 0 Å². The maximum absolute atomic E-state index is 11.9. The predicted octanol–water partition coefficient (Wildman–Crippen LogP) is 2.51. The lowest BCUT2D eigenvalue weighted by atomic mass is 10.0. The van der Waals surface area contributed by atoms with Gasteiger partial charge < -0.3 is 10.6 Å². The highest BCUT2D eigenvalue weighted by Crippen LogP contribution is 2.10. The normalized spacial score (nSPS) is 12.0. The van der Waals surface area contributed by atoms with Gasteiger partial charge in [0, 0.05) is 32.3 Å². The molecule has 2 rings (SSSR count). The van der Waals surface area contributed by atoms with Gasteiger partial charge in [0.05, 0.1) is 5.69 Å². The lowest BCUT2D eigenvalue weighted by Gasteiger charge is -2.15. The van der Waals surface area contributed by atoms with E-state index in [4.69, 9.17) is 0 Å². The highest BCUT2D eigenvalue weighted by molar-refractivity contribution is 5.74. The van der Waals surface area contributed by atoms with E-state index in [0.717, 1.165) is 18.5 Å². The highest BCUT2D eigenvalue weighted by Gasteiger charge is 2.08. The van der Waals surface area contributed by atoms with Crippen LogP contribution in [-0.2, 0) is 19.9 Å². The van der Waals surface area contributed by atoms with E-state index in [2.05, 4.69) is 47.8 Å². The van der Waals surface area contributed by atoms with Crippen molar-refractivity contribution in [1.82, 2.24) is 20.4 Å². The summed E-state index contributed by atoms with van der Waals surface area (Å²) in [4.78, 5) is 11.9. The van der Waals surface area contributed by atoms with Crippen LogP contribution in [-0.4, -0.2) is 28.4 Å². The minimum atomic E-state index is -0.127. The van der Waals surface area contributed by atoms with Gasteiger partial charge in [0.25, 0.3) is 0 Å². The number of aromatic nitrogens is 2. The molecule has 2 N–H and O–H groups in total. The van der Waals surface area contributed by atoms with E-state index in [9.17, 15) is 4.79 Å². The van der Waals surface area contributed by atoms with Crippen molar-refractivity contribution in [2.24, 2.45) is 7.05 Å². The fourth-order valence-corrected chi connectivity index (χ4v) is 2.77. The van der Waals surface area contributed by atoms with E-state index in [0.29, 0.717) is 6.54 Å². The molecule has 0 fully saturated rings. The number of hydrogen-bond acceptors (Lipinski definition) is 2. The quantitative estimate of drug-likeness (QED) is 0.861. The number of urea groups is 1. The summed E-state index contributed by atoms with van der Waals surface area (Å²) < 4.78 is 1.77. The summed E-state index contributed by atoms with van der Waals surface area (Å²) in [5, 5.41) is 10.1. The zero-order chi connectivity index (χ0) is 16.8. The fraction of sp³-hybridized carbons (Fsp3) is 0.444. The third-order valence-corrected chi connectivity index (χ3v) is 3.64. The molecule has 0 spiro atoms. The number of carbonyl (C=O) groups excluding carboxylic acids is 1. The van der Waals surface area contributed by atoms with Gasteiger partial charge in [0.1, 0.15) is 0 Å². The van der Waals surface area contributed by atoms with Crippen molar-refractivity contribution in [1.29, 1.82) is 0 Å². The standard InChI is InChI=1S/C18H26N4O/c1-13-9-14(2)11-16(10-13)12-15(3)20-18(23)19-7-5-17-6-8-22(4)21-17/h6,8-11,15H,5,7,12H2,1-4H3,(H2,19,20,23)/t15-/m1/s1. The maximum atomic E-state index is 11.9. The van der Waals surface area contributed by atoms with Crippen molar-refractivity contribution >= 4 is 6.03 Å². The molecule has 1 aromatic heterocycles. The molecule has 1 aromatic carbocycles. The highest BCUT2D eigenvalue weighted by atomic mass is 16.2. The van der Waals surface area contributed by atoms with Gasteiger partial charge in [0.15, 0.2) is 0 Å². The number of nitrogens with one attached hydrogen (secondary N) is 2. The lowest BCUT2D eigenvalue weighted by molar-refractivity contribution is 0.238. The Morgan fingerprint density at radius 1 is 1.26 bits per heavy atom. The SMILES string of the molecule is Cc1cc(C)cc(C[C@@H](C)NC(=O)NCCc2ccn(C)n2)c1. The molecule has 1 heterocycles. The van der Waals surface area contributed by atoms with Gasteiger partial charge in [-0.1, -0.05) is 29.3 Å². The molecule has 0 radical (unpaired) electrons. The topological polar surface area (TPSA) is 59.0 Å². The molecule has 0 saturated carbocycles. The molecule has 2 aromatic rings. The summed E-state index contributed by atoms with van der Waals surface area (Å²) in [5.41, 5.74) is 4.75. The van der Waals surface area contributed by atoms with Crippen LogP contribution in [0.5, 0.6) is 0 Å². The zero-order valence-electron chi connectivity index (χ0n) is 14.4. The van der Waals surface area contributed by atoms with Crippen molar-refractivity contribution in [2.75, 3.05) is 6.54 Å². The van der Waals surface area contributed by atoms with Crippen molar-refractivity contribution in [3.8, 4) is 0 Å². The maximum Gasteiger partial charge on any atom is 0.315 e. The van der Waals surface area contributed by atoms with Gasteiger partial charge in [-0.2, -0.15) is 5.10 Å². The first-order valence-corrected chi connectivity index (χ1v) is 8.02. The third kappa shape index (κ3) is 5.77. The number of rotatable bonds is 6. The van der Waals surface area contributed by atoms with E-state index in [1.54, 1.807) is 4.68 Å². The summed E-state index contributed by atoms with van der Waals surface area (Å²) in [5.74, 6) is 0. The van der Waals surface area contributed by atoms with Crippen LogP contribution in [0.4, 0.5) is 4.79 Å². The van der Waals surface area contributed by atoms with Crippen molar-refractivity contribution in [2.45, 2.75) is 39.7 Å². The first-order chi connectivity index (χ1) is 10.9. The van der Waals surface area contributed by atoms with Crippen LogP contribution in [0, 0.1) is 13.8 Å². The smallest absolute Gasteiger partial charge is 0.315 e. The van der Waals surface area contributed by atoms with Gasteiger partial charge in [-0.25, -0.2) is 4.79 Å². The largest absolute Gasteiger partial charge is 0.338 e. The van der Waals surface area contributed by atoms with E-state index in [1.807, 2.05) is 26.2 Å². The Balaban J connectivity index is 1.73. The van der Waals surface area contributed by atoms with Gasteiger partial charge >= 0.3 is 6.03 Å². The van der Waals surface area contributed by atoms with Crippen LogP contribution in [0.1, 0.15) is 29.3 Å². The molecular weight excluding hydrogens is 288 g/mol. The van der Waals surface area contributed by atoms with E-state index in [-0.39, 0.29) is 12.1 Å². The second-order valence-corrected chi connectivity index (χ2v) is 6.23. The Kier molecular flexibility index (Phi) is 5.79. The number of carbonyl (C=O) groups is 1. The zero-order valence-corrected chi connectivity index (χ0v) is 14.4. The minimum Gasteiger partial charge on any atom is -0.338 e. The Labute approximate surface area is 138 Å². The van der Waals surface area contributed by atoms with Gasteiger partial charge in [0.2, 0.25) is 0 Å². The van der Waals surface area contributed by atoms with E-state index < -0.39 is 0 Å². The summed E-state index contributed by atoms with van der Waals surface area (Å²) in [6, 6.07) is 8.42. The fourth-order valence-electron chi connectivity index (χ4n) is 2.77. The Morgan fingerprint density at radius 3 is 2.57 bits per heavy atom. The van der Waals surface area contributed by atoms with Crippen LogP contribution >= 0.6 is 0 Å². The number of aryl methyl sites for hydroxylation is 3. The summed E-state index contributed by atoms with van der Waals surface area (Å²) >= 11 is 0. The van der Waals surface area contributed by atoms with Crippen LogP contribution in [0.3, 0.4) is 0 Å². The summed E-state index contributed by atoms with van der Waals surface area (Å²) in [6.45, 7) is 6.80. The van der Waals surface area contributed by atoms with Crippen molar-refractivity contribution in [3.05, 3.63) is 52.8 Å². The first kappa shape index (κ1) is 17.1. The average Bonchev–Trinajstić information content (AvgIpc) is 2.82. The van der Waals surface area contributed by atoms with Crippen LogP contribution in [0.2, 0.25) is 0 Å². The molecule has 5 nitrogen and oxygen atoms in total. The van der Waals surface area contributed by atoms with Crippen LogP contribution in [0.15, 0.2) is 30.5 Å². The second-order valence-electron chi connectivity index (χ2n) is 6.23. The third-order valence-electron chi connectivity index (χ3n) is 3.64. The van der Waals surface area contributed by atoms with Crippen LogP contribution < -0.4 is 10.6 Å². The molecule has 0 aliphatic carbocycles. The number of amides is 2. The molecular formula is C18H26N4O. The minimum absolute atomic E-state index is 0.0889. The molecule has 0 aliphatic heterocycles. The predicted molar refractivity (Wildman–Crippen MR) is 92.5 cm³/mol. The molecule has 0 saturated heterocycles. The van der Waals surface area contributed by atoms with Crippen molar-refractivity contribution < 1.29 is 4.79 Å². The van der Waals surface area contributed by atoms with Crippen LogP contribution in [0.25, 0.3) is 0 Å². The Bertz CT molecular complexity index is 643. The molecule has 5 heteroatoms. The first-order valence-electron chi connectivity index (χ1n) is 8.02. The molecule has 124 valence electrons. The van der Waals surface area contributed by atoms with E-state index >= 15 is 0 Å². The average molecular weight is 314 g/mol. The molecule has 23 heavy (non-hydrogen) atoms. The molecule has 0 aliphatic rings. The number of nitrogens with zero attached hydrogens (tertiary/aromatic N) is 2. The molecule has 2 amide bonds. The van der Waals surface area contributed by atoms with Gasteiger partial charge in [-0.15, -0.1) is 0 Å². The lowest BCUT2D eigenvalue weighted by Crippen LogP contribution is -2.42. The summed E-state index contributed by atoms with van der Waals surface area (Å²) in [6.07, 6.45) is 3.47. The molecule has 0 bridgehead atoms. The second kappa shape index (κ2) is 7.81. The molecule has 1 atom stereocenters. The Hall–Kier alpha value is -2.30. The van der Waals surface area contributed by atoms with Gasteiger partial charge in [-0.05, 0) is 38.8 Å². The number of hydrogen-bond donors (Lipinski definition) is 2. The number of benzene rings is 1. The molecule has 0 unspecified atom stereocenters. The van der Waals surface area contributed by atoms with Gasteiger partial charge in [-0.3, -0.25) is 4.68 Å². The summed E-state index contributed by atoms with van der Waals surface area (Å²) in [7, 11) is 1.89. The monoisotopic (exact) mass is 314 g/mol. The Morgan fingerprint density at radius 2 is 1.96 bits per heavy atom. The van der Waals surface area contributed by atoms with E-state index in [1.165, 1.54) is 16.7 Å².